The average Bonchev–Trinajstić information content (AvgIpc) is 2.54. The number of amides is 1. The third-order valence-corrected chi connectivity index (χ3v) is 4.76. The van der Waals surface area contributed by atoms with Crippen molar-refractivity contribution in [1.29, 1.82) is 0 Å². The summed E-state index contributed by atoms with van der Waals surface area (Å²) in [5.41, 5.74) is 6.81. The standard InChI is InChI=1S/C17H25ClN2O2.ClH/c1-2-5-15(19)16(21)20-12-17(8-10-22-11-9-17)13-6-3-4-7-14(13)18;/h3-4,6-7,15H,2,5,8-12,19H2,1H3,(H,20,21);1H. The smallest absolute Gasteiger partial charge is 0.236 e. The molecule has 0 radical (unpaired) electrons. The highest BCUT2D eigenvalue weighted by Gasteiger charge is 2.36. The summed E-state index contributed by atoms with van der Waals surface area (Å²) >= 11 is 6.40. The van der Waals surface area contributed by atoms with Crippen molar-refractivity contribution in [2.75, 3.05) is 19.8 Å². The Balaban J connectivity index is 0.00000264. The summed E-state index contributed by atoms with van der Waals surface area (Å²) in [6, 6.07) is 7.43. The van der Waals surface area contributed by atoms with E-state index >= 15 is 0 Å². The molecule has 1 atom stereocenters. The van der Waals surface area contributed by atoms with Gasteiger partial charge in [0.2, 0.25) is 5.91 Å². The van der Waals surface area contributed by atoms with Crippen LogP contribution in [0.1, 0.15) is 38.2 Å². The number of nitrogens with two attached hydrogens (primary N) is 1. The van der Waals surface area contributed by atoms with Gasteiger partial charge in [-0.25, -0.2) is 0 Å². The maximum Gasteiger partial charge on any atom is 0.236 e. The Bertz CT molecular complexity index is 505. The van der Waals surface area contributed by atoms with Crippen molar-refractivity contribution >= 4 is 29.9 Å². The molecule has 1 aromatic rings. The molecule has 3 N–H and O–H groups in total. The lowest BCUT2D eigenvalue weighted by molar-refractivity contribution is -0.123. The molecule has 0 aliphatic carbocycles. The maximum absolute atomic E-state index is 12.1. The fourth-order valence-electron chi connectivity index (χ4n) is 3.02. The lowest BCUT2D eigenvalue weighted by Crippen LogP contribution is -2.49. The average molecular weight is 361 g/mol. The van der Waals surface area contributed by atoms with E-state index in [1.165, 1.54) is 0 Å². The molecule has 1 aliphatic rings. The van der Waals surface area contributed by atoms with Crippen molar-refractivity contribution in [3.05, 3.63) is 34.9 Å². The largest absolute Gasteiger partial charge is 0.381 e. The highest BCUT2D eigenvalue weighted by Crippen LogP contribution is 2.38. The van der Waals surface area contributed by atoms with E-state index in [2.05, 4.69) is 5.32 Å². The first-order chi connectivity index (χ1) is 10.6. The lowest BCUT2D eigenvalue weighted by atomic mass is 9.74. The van der Waals surface area contributed by atoms with Crippen LogP contribution in [0, 0.1) is 0 Å². The number of benzene rings is 1. The van der Waals surface area contributed by atoms with Gasteiger partial charge >= 0.3 is 0 Å². The van der Waals surface area contributed by atoms with Crippen molar-refractivity contribution in [1.82, 2.24) is 5.32 Å². The van der Waals surface area contributed by atoms with Crippen LogP contribution in [0.25, 0.3) is 0 Å². The molecule has 1 saturated heterocycles. The molecule has 4 nitrogen and oxygen atoms in total. The van der Waals surface area contributed by atoms with E-state index < -0.39 is 6.04 Å². The van der Waals surface area contributed by atoms with E-state index in [1.807, 2.05) is 31.2 Å². The second-order valence-electron chi connectivity index (χ2n) is 5.99. The van der Waals surface area contributed by atoms with E-state index in [1.54, 1.807) is 0 Å². The van der Waals surface area contributed by atoms with Gasteiger partial charge in [-0.3, -0.25) is 4.79 Å². The topological polar surface area (TPSA) is 64.4 Å². The SMILES string of the molecule is CCCC(N)C(=O)NCC1(c2ccccc2Cl)CCOCC1.Cl. The molecular formula is C17H26Cl2N2O2. The summed E-state index contributed by atoms with van der Waals surface area (Å²) in [6.07, 6.45) is 3.30. The molecule has 0 saturated carbocycles. The minimum absolute atomic E-state index is 0. The van der Waals surface area contributed by atoms with Crippen molar-refractivity contribution in [2.45, 2.75) is 44.1 Å². The first-order valence-corrected chi connectivity index (χ1v) is 8.33. The zero-order valence-electron chi connectivity index (χ0n) is 13.5. The van der Waals surface area contributed by atoms with Gasteiger partial charge in [0.15, 0.2) is 0 Å². The van der Waals surface area contributed by atoms with E-state index in [0.29, 0.717) is 26.2 Å². The number of carbonyl (C=O) groups excluding carboxylic acids is 1. The molecule has 0 aromatic heterocycles. The number of hydrogen-bond acceptors (Lipinski definition) is 3. The van der Waals surface area contributed by atoms with Crippen LogP contribution in [0.15, 0.2) is 24.3 Å². The maximum atomic E-state index is 12.1. The monoisotopic (exact) mass is 360 g/mol. The number of nitrogens with one attached hydrogen (secondary N) is 1. The molecule has 0 spiro atoms. The molecule has 0 bridgehead atoms. The molecule has 1 fully saturated rings. The number of ether oxygens (including phenoxy) is 1. The number of hydrogen-bond donors (Lipinski definition) is 2. The summed E-state index contributed by atoms with van der Waals surface area (Å²) in [5, 5.41) is 3.77. The van der Waals surface area contributed by atoms with Crippen molar-refractivity contribution in [2.24, 2.45) is 5.73 Å². The van der Waals surface area contributed by atoms with Gasteiger partial charge < -0.3 is 15.8 Å². The molecule has 1 amide bonds. The van der Waals surface area contributed by atoms with E-state index in [9.17, 15) is 4.79 Å². The molecule has 2 rings (SSSR count). The fraction of sp³-hybridized carbons (Fsp3) is 0.588. The first-order valence-electron chi connectivity index (χ1n) is 7.95. The number of halogens is 2. The zero-order chi connectivity index (χ0) is 16.0. The van der Waals surface area contributed by atoms with Gasteiger partial charge in [0.25, 0.3) is 0 Å². The quantitative estimate of drug-likeness (QED) is 0.819. The third kappa shape index (κ3) is 5.08. The van der Waals surface area contributed by atoms with E-state index in [-0.39, 0.29) is 23.7 Å². The Morgan fingerprint density at radius 2 is 2.04 bits per heavy atom. The van der Waals surface area contributed by atoms with Crippen LogP contribution in [0.4, 0.5) is 0 Å². The summed E-state index contributed by atoms with van der Waals surface area (Å²) in [7, 11) is 0. The van der Waals surface area contributed by atoms with Crippen molar-refractivity contribution < 1.29 is 9.53 Å². The first kappa shape index (κ1) is 20.2. The highest BCUT2D eigenvalue weighted by molar-refractivity contribution is 6.31. The van der Waals surface area contributed by atoms with Crippen LogP contribution in [0.3, 0.4) is 0 Å². The number of rotatable bonds is 6. The normalized spacial score (nSPS) is 17.9. The van der Waals surface area contributed by atoms with Crippen LogP contribution in [-0.4, -0.2) is 31.7 Å². The minimum atomic E-state index is -0.437. The summed E-state index contributed by atoms with van der Waals surface area (Å²) in [6.45, 7) is 3.94. The Hall–Kier alpha value is -0.810. The van der Waals surface area contributed by atoms with Gasteiger partial charge in [-0.15, -0.1) is 12.4 Å². The Labute approximate surface area is 149 Å². The van der Waals surface area contributed by atoms with Gasteiger partial charge in [-0.05, 0) is 30.9 Å². The molecule has 1 unspecified atom stereocenters. The van der Waals surface area contributed by atoms with Gasteiger partial charge in [-0.1, -0.05) is 43.1 Å². The molecule has 130 valence electrons. The van der Waals surface area contributed by atoms with Crippen molar-refractivity contribution in [3.63, 3.8) is 0 Å². The molecule has 1 aliphatic heterocycles. The second kappa shape index (κ2) is 9.48. The Morgan fingerprint density at radius 1 is 1.39 bits per heavy atom. The fourth-order valence-corrected chi connectivity index (χ4v) is 3.36. The zero-order valence-corrected chi connectivity index (χ0v) is 15.1. The van der Waals surface area contributed by atoms with Crippen LogP contribution >= 0.6 is 24.0 Å². The predicted octanol–water partition coefficient (Wildman–Crippen LogP) is 3.05. The summed E-state index contributed by atoms with van der Waals surface area (Å²) in [5.74, 6) is -0.0835. The molecule has 23 heavy (non-hydrogen) atoms. The van der Waals surface area contributed by atoms with Crippen LogP contribution in [-0.2, 0) is 14.9 Å². The van der Waals surface area contributed by atoms with Gasteiger partial charge in [-0.2, -0.15) is 0 Å². The van der Waals surface area contributed by atoms with E-state index in [0.717, 1.165) is 29.8 Å². The van der Waals surface area contributed by atoms with Crippen LogP contribution in [0.2, 0.25) is 5.02 Å². The Morgan fingerprint density at radius 3 is 2.65 bits per heavy atom. The lowest BCUT2D eigenvalue weighted by Gasteiger charge is -2.38. The third-order valence-electron chi connectivity index (χ3n) is 4.43. The predicted molar refractivity (Wildman–Crippen MR) is 96.3 cm³/mol. The van der Waals surface area contributed by atoms with Gasteiger partial charge in [0, 0.05) is 30.2 Å². The van der Waals surface area contributed by atoms with Crippen molar-refractivity contribution in [3.8, 4) is 0 Å². The number of carbonyl (C=O) groups is 1. The van der Waals surface area contributed by atoms with Crippen LogP contribution in [0.5, 0.6) is 0 Å². The van der Waals surface area contributed by atoms with E-state index in [4.69, 9.17) is 22.1 Å². The molecule has 6 heteroatoms. The van der Waals surface area contributed by atoms with Gasteiger partial charge in [0.05, 0.1) is 6.04 Å². The summed E-state index contributed by atoms with van der Waals surface area (Å²) < 4.78 is 5.50. The second-order valence-corrected chi connectivity index (χ2v) is 6.39. The molecule has 1 aromatic carbocycles. The van der Waals surface area contributed by atoms with Gasteiger partial charge in [0.1, 0.15) is 0 Å². The molecular weight excluding hydrogens is 335 g/mol. The summed E-state index contributed by atoms with van der Waals surface area (Å²) in [4.78, 5) is 12.1. The highest BCUT2D eigenvalue weighted by atomic mass is 35.5. The molecule has 1 heterocycles. The minimum Gasteiger partial charge on any atom is -0.381 e. The Kier molecular flexibility index (Phi) is 8.34. The van der Waals surface area contributed by atoms with Crippen LogP contribution < -0.4 is 11.1 Å².